The summed E-state index contributed by atoms with van der Waals surface area (Å²) >= 11 is 0. The van der Waals surface area contributed by atoms with E-state index < -0.39 is 11.9 Å². The third-order valence-corrected chi connectivity index (χ3v) is 10.7. The van der Waals surface area contributed by atoms with Gasteiger partial charge in [0, 0.05) is 38.3 Å². The predicted molar refractivity (Wildman–Crippen MR) is 183 cm³/mol. The largest absolute Gasteiger partial charge is 0.480 e. The Hall–Kier alpha value is -3.76. The van der Waals surface area contributed by atoms with Gasteiger partial charge in [0.15, 0.2) is 0 Å². The van der Waals surface area contributed by atoms with Gasteiger partial charge in [0.05, 0.1) is 26.2 Å². The van der Waals surface area contributed by atoms with Crippen LogP contribution in [0, 0.1) is 11.8 Å². The lowest BCUT2D eigenvalue weighted by molar-refractivity contribution is -0.146. The summed E-state index contributed by atoms with van der Waals surface area (Å²) in [6.07, 6.45) is 8.63. The fraction of sp³-hybridized carbons (Fsp3) is 0.579. The first-order valence-corrected chi connectivity index (χ1v) is 17.8. The highest BCUT2D eigenvalue weighted by molar-refractivity contribution is 5.80. The number of amides is 2. The summed E-state index contributed by atoms with van der Waals surface area (Å²) in [6.45, 7) is 1.92. The van der Waals surface area contributed by atoms with Crippen LogP contribution in [-0.2, 0) is 32.0 Å². The monoisotopic (exact) mass is 660 g/mol. The van der Waals surface area contributed by atoms with Crippen molar-refractivity contribution in [3.63, 3.8) is 0 Å². The number of carbonyl (C=O) groups is 4. The van der Waals surface area contributed by atoms with Crippen LogP contribution in [0.3, 0.4) is 0 Å². The lowest BCUT2D eigenvalue weighted by Gasteiger charge is -2.45. The van der Waals surface area contributed by atoms with Crippen LogP contribution in [0.4, 0.5) is 0 Å². The molecule has 2 amide bonds. The average molecular weight is 661 g/mol. The second-order valence-electron chi connectivity index (χ2n) is 14.0. The van der Waals surface area contributed by atoms with Crippen LogP contribution in [-0.4, -0.2) is 118 Å². The zero-order valence-electron chi connectivity index (χ0n) is 28.1. The van der Waals surface area contributed by atoms with E-state index >= 15 is 0 Å². The first kappa shape index (κ1) is 35.5. The van der Waals surface area contributed by atoms with Crippen LogP contribution in [0.15, 0.2) is 60.7 Å². The SMILES string of the molecule is O=C(O)CN(CC(=O)N1CCC(Cc2ccccc2)CC1)C1CCCCC1N(CC(=O)O)CC(=O)N1CCC(Cc2ccccc2)CC1. The van der Waals surface area contributed by atoms with Gasteiger partial charge in [-0.05, 0) is 74.3 Å². The maximum Gasteiger partial charge on any atom is 0.317 e. The van der Waals surface area contributed by atoms with Crippen LogP contribution >= 0.6 is 0 Å². The Morgan fingerprint density at radius 2 is 0.896 bits per heavy atom. The number of likely N-dealkylation sites (tertiary alicyclic amines) is 2. The molecule has 1 aliphatic carbocycles. The van der Waals surface area contributed by atoms with Crippen molar-refractivity contribution in [1.29, 1.82) is 0 Å². The van der Waals surface area contributed by atoms with Crippen molar-refractivity contribution >= 4 is 23.8 Å². The molecule has 5 rings (SSSR count). The number of carboxylic acid groups (broad SMARTS) is 2. The minimum atomic E-state index is -1.02. The van der Waals surface area contributed by atoms with Crippen molar-refractivity contribution in [2.24, 2.45) is 11.8 Å². The van der Waals surface area contributed by atoms with E-state index in [-0.39, 0.29) is 50.1 Å². The molecule has 2 unspecified atom stereocenters. The van der Waals surface area contributed by atoms with E-state index in [0.29, 0.717) is 50.9 Å². The van der Waals surface area contributed by atoms with Crippen molar-refractivity contribution in [1.82, 2.24) is 19.6 Å². The highest BCUT2D eigenvalue weighted by atomic mass is 16.4. The van der Waals surface area contributed by atoms with Crippen LogP contribution in [0.25, 0.3) is 0 Å². The minimum absolute atomic E-state index is 0.0272. The molecule has 3 aliphatic rings. The number of nitrogens with zero attached hydrogens (tertiary/aromatic N) is 4. The van der Waals surface area contributed by atoms with E-state index in [1.54, 1.807) is 9.80 Å². The van der Waals surface area contributed by atoms with Crippen LogP contribution in [0.1, 0.15) is 62.5 Å². The molecule has 2 N–H and O–H groups in total. The van der Waals surface area contributed by atoms with Crippen molar-refractivity contribution in [3.8, 4) is 0 Å². The van der Waals surface area contributed by atoms with E-state index in [1.807, 2.05) is 46.2 Å². The van der Waals surface area contributed by atoms with Gasteiger partial charge in [0.1, 0.15) is 0 Å². The highest BCUT2D eigenvalue weighted by Crippen LogP contribution is 2.29. The van der Waals surface area contributed by atoms with Gasteiger partial charge in [0.25, 0.3) is 0 Å². The molecule has 10 nitrogen and oxygen atoms in total. The van der Waals surface area contributed by atoms with Crippen LogP contribution < -0.4 is 0 Å². The van der Waals surface area contributed by atoms with Gasteiger partial charge in [-0.1, -0.05) is 73.5 Å². The molecule has 0 radical (unpaired) electrons. The van der Waals surface area contributed by atoms with E-state index in [2.05, 4.69) is 24.3 Å². The smallest absolute Gasteiger partial charge is 0.317 e. The molecule has 2 atom stereocenters. The number of carbonyl (C=O) groups excluding carboxylic acids is 2. The summed E-state index contributed by atoms with van der Waals surface area (Å²) in [5.41, 5.74) is 2.60. The van der Waals surface area contributed by atoms with Crippen molar-refractivity contribution < 1.29 is 29.4 Å². The lowest BCUT2D eigenvalue weighted by atomic mass is 9.87. The van der Waals surface area contributed by atoms with Crippen LogP contribution in [0.5, 0.6) is 0 Å². The average Bonchev–Trinajstić information content (AvgIpc) is 3.09. The second-order valence-corrected chi connectivity index (χ2v) is 14.0. The van der Waals surface area contributed by atoms with Gasteiger partial charge in [-0.3, -0.25) is 29.0 Å². The molecule has 2 aromatic carbocycles. The molecule has 2 heterocycles. The highest BCUT2D eigenvalue weighted by Gasteiger charge is 2.38. The number of aliphatic carboxylic acids is 2. The van der Waals surface area contributed by atoms with Crippen LogP contribution in [0.2, 0.25) is 0 Å². The molecule has 260 valence electrons. The summed E-state index contributed by atoms with van der Waals surface area (Å²) < 4.78 is 0. The summed E-state index contributed by atoms with van der Waals surface area (Å²) in [5, 5.41) is 19.8. The standard InChI is InChI=1S/C38H52N4O6/c43-35(39-19-15-31(16-20-39)23-29-9-3-1-4-10-29)25-41(27-37(45)46)33-13-7-8-14-34(33)42(28-38(47)48)26-36(44)40-21-17-32(18-22-40)24-30-11-5-2-6-12-30/h1-6,9-12,31-34H,7-8,13-28H2,(H,45,46)(H,47,48). The normalized spacial score (nSPS) is 21.0. The van der Waals surface area contributed by atoms with Crippen molar-refractivity contribution in [3.05, 3.63) is 71.8 Å². The number of carboxylic acids is 2. The second kappa shape index (κ2) is 17.6. The number of rotatable bonds is 14. The zero-order valence-corrected chi connectivity index (χ0v) is 28.1. The number of hydrogen-bond donors (Lipinski definition) is 2. The third kappa shape index (κ3) is 10.4. The summed E-state index contributed by atoms with van der Waals surface area (Å²) in [4.78, 5) is 58.5. The molecule has 0 aromatic heterocycles. The fourth-order valence-corrected chi connectivity index (χ4v) is 8.09. The Kier molecular flexibility index (Phi) is 13.0. The Morgan fingerprint density at radius 1 is 0.542 bits per heavy atom. The molecule has 2 aliphatic heterocycles. The first-order valence-electron chi connectivity index (χ1n) is 17.8. The lowest BCUT2D eigenvalue weighted by Crippen LogP contribution is -2.59. The van der Waals surface area contributed by atoms with Gasteiger partial charge in [-0.25, -0.2) is 0 Å². The summed E-state index contributed by atoms with van der Waals surface area (Å²) in [5.74, 6) is -1.20. The predicted octanol–water partition coefficient (Wildman–Crippen LogP) is 4.03. The molecule has 2 aromatic rings. The third-order valence-electron chi connectivity index (χ3n) is 10.7. The molecule has 2 saturated heterocycles. The Balaban J connectivity index is 1.19. The Morgan fingerprint density at radius 3 is 1.23 bits per heavy atom. The summed E-state index contributed by atoms with van der Waals surface area (Å²) in [6, 6.07) is 20.1. The van der Waals surface area contributed by atoms with Gasteiger partial charge in [-0.15, -0.1) is 0 Å². The van der Waals surface area contributed by atoms with Gasteiger partial charge in [-0.2, -0.15) is 0 Å². The topological polar surface area (TPSA) is 122 Å². The molecule has 1 saturated carbocycles. The quantitative estimate of drug-likeness (QED) is 0.312. The zero-order chi connectivity index (χ0) is 33.9. The minimum Gasteiger partial charge on any atom is -0.480 e. The summed E-state index contributed by atoms with van der Waals surface area (Å²) in [7, 11) is 0. The van der Waals surface area contributed by atoms with E-state index in [9.17, 15) is 29.4 Å². The Bertz CT molecular complexity index is 1240. The molecule has 0 spiro atoms. The van der Waals surface area contributed by atoms with Gasteiger partial charge in [0.2, 0.25) is 11.8 Å². The molecule has 0 bridgehead atoms. The van der Waals surface area contributed by atoms with Crippen molar-refractivity contribution in [2.45, 2.75) is 76.3 Å². The maximum atomic E-state index is 13.6. The molecule has 48 heavy (non-hydrogen) atoms. The molecular formula is C38H52N4O6. The number of piperidine rings is 2. The first-order chi connectivity index (χ1) is 23.2. The fourth-order valence-electron chi connectivity index (χ4n) is 8.09. The number of hydrogen-bond acceptors (Lipinski definition) is 6. The van der Waals surface area contributed by atoms with Gasteiger partial charge < -0.3 is 20.0 Å². The maximum absolute atomic E-state index is 13.6. The van der Waals surface area contributed by atoms with Crippen molar-refractivity contribution in [2.75, 3.05) is 52.4 Å². The molecule has 10 heteroatoms. The molecular weight excluding hydrogens is 608 g/mol. The Labute approximate surface area is 284 Å². The number of benzene rings is 2. The molecule has 3 fully saturated rings. The van der Waals surface area contributed by atoms with E-state index in [1.165, 1.54) is 11.1 Å². The van der Waals surface area contributed by atoms with Gasteiger partial charge >= 0.3 is 11.9 Å². The van der Waals surface area contributed by atoms with E-state index in [0.717, 1.165) is 51.4 Å². The van der Waals surface area contributed by atoms with E-state index in [4.69, 9.17) is 0 Å².